The number of anilines is 1. The molecule has 15 heteroatoms. The highest BCUT2D eigenvalue weighted by atomic mass is 16.5. The van der Waals surface area contributed by atoms with Crippen LogP contribution in [0.15, 0.2) is 107 Å². The molecule has 0 fully saturated rings. The van der Waals surface area contributed by atoms with Crippen molar-refractivity contribution in [2.45, 2.75) is 151 Å². The third-order valence-electron chi connectivity index (χ3n) is 16.9. The number of carbonyl (C=O) groups excluding carboxylic acids is 4. The third kappa shape index (κ3) is 15.6. The van der Waals surface area contributed by atoms with Crippen molar-refractivity contribution < 1.29 is 48.0 Å². The number of carboxylic acid groups (broad SMARTS) is 1. The number of para-hydroxylation sites is 1. The minimum Gasteiger partial charge on any atom is -0.478 e. The molecule has 3 aliphatic rings. The number of hydrogen-bond donors (Lipinski definition) is 1. The summed E-state index contributed by atoms with van der Waals surface area (Å²) in [6.07, 6.45) is 10.2. The first kappa shape index (κ1) is 62.8. The second-order valence-electron chi connectivity index (χ2n) is 23.5. The van der Waals surface area contributed by atoms with E-state index in [0.717, 1.165) is 75.6 Å². The second-order valence-corrected chi connectivity index (χ2v) is 23.5. The summed E-state index contributed by atoms with van der Waals surface area (Å²) in [6.45, 7) is 20.7. The van der Waals surface area contributed by atoms with Crippen LogP contribution in [0.1, 0.15) is 174 Å². The standard InChI is InChI=1S/C69H85N5O10/c1-9-18-48-42-62-57(39-46(48)5)65(58-40-47(6)59(70-10-2)43-63(58)84-62)54-28-26-49(41-56(54)68(79)80)61(77)25-17-34-82-36-38-83-37-35-81-33-16-21-51(75)27-29-64(78)73-44-50-19-11-12-22-53(50)67-66(55-23-13-14-24-60(55)73)71-72-74(67)32-15-20-52(76)30-31-69(7,8)45(3)4/h11-14,19,22-24,26,28,39-43,45,58,65H,9-10,15-18,20-21,25,27,29-38,44H2,1-8H3,(H,79,80). The van der Waals surface area contributed by atoms with Gasteiger partial charge in [-0.05, 0) is 110 Å². The number of amides is 1. The number of nitrogens with zero attached hydrogens (tertiary/aromatic N) is 5. The molecule has 0 saturated heterocycles. The van der Waals surface area contributed by atoms with Crippen LogP contribution in [0, 0.1) is 24.2 Å². The Labute approximate surface area is 495 Å². The van der Waals surface area contributed by atoms with Crippen LogP contribution in [-0.4, -0.2) is 101 Å². The van der Waals surface area contributed by atoms with Crippen molar-refractivity contribution in [3.8, 4) is 28.3 Å². The number of allylic oxidation sites excluding steroid dienone is 3. The maximum Gasteiger partial charge on any atom is 0.336 e. The van der Waals surface area contributed by atoms with Crippen molar-refractivity contribution >= 4 is 40.6 Å². The van der Waals surface area contributed by atoms with Crippen molar-refractivity contribution in [2.75, 3.05) is 51.1 Å². The van der Waals surface area contributed by atoms with Gasteiger partial charge in [0.15, 0.2) is 5.78 Å². The minimum absolute atomic E-state index is 0.00805. The smallest absolute Gasteiger partial charge is 0.336 e. The van der Waals surface area contributed by atoms with Crippen LogP contribution in [0.25, 0.3) is 22.5 Å². The average molecular weight is 1140 g/mol. The number of aryl methyl sites for hydroxylation is 3. The van der Waals surface area contributed by atoms with Crippen LogP contribution in [0.4, 0.5) is 5.69 Å². The van der Waals surface area contributed by atoms with Gasteiger partial charge in [0.05, 0.1) is 55.6 Å². The summed E-state index contributed by atoms with van der Waals surface area (Å²) in [6, 6.07) is 25.0. The summed E-state index contributed by atoms with van der Waals surface area (Å²) < 4.78 is 25.6. The Morgan fingerprint density at radius 3 is 2.17 bits per heavy atom. The third-order valence-corrected chi connectivity index (χ3v) is 16.9. The topological polar surface area (TPSA) is 189 Å². The fraction of sp³-hybridized carbons (Fsp3) is 0.478. The first-order chi connectivity index (χ1) is 40.5. The lowest BCUT2D eigenvalue weighted by Gasteiger charge is -2.37. The number of aliphatic imine (C=N–C) groups is 1. The van der Waals surface area contributed by atoms with E-state index >= 15 is 0 Å². The van der Waals surface area contributed by atoms with E-state index in [1.165, 1.54) is 11.6 Å². The highest BCUT2D eigenvalue weighted by molar-refractivity contribution is 6.09. The molecule has 0 spiro atoms. The highest BCUT2D eigenvalue weighted by Gasteiger charge is 2.40. The van der Waals surface area contributed by atoms with Crippen LogP contribution in [0.5, 0.6) is 5.75 Å². The van der Waals surface area contributed by atoms with Crippen molar-refractivity contribution in [3.63, 3.8) is 0 Å². The molecule has 1 N–H and O–H groups in total. The highest BCUT2D eigenvalue weighted by Crippen LogP contribution is 2.50. The summed E-state index contributed by atoms with van der Waals surface area (Å²) in [7, 11) is 0. The first-order valence-corrected chi connectivity index (χ1v) is 30.3. The second kappa shape index (κ2) is 29.6. The molecular formula is C69H85N5O10. The van der Waals surface area contributed by atoms with Crippen molar-refractivity contribution in [2.24, 2.45) is 22.2 Å². The number of carboxylic acids is 1. The van der Waals surface area contributed by atoms with E-state index in [-0.39, 0.29) is 65.3 Å². The summed E-state index contributed by atoms with van der Waals surface area (Å²) in [5.74, 6) is 0.203. The Bertz CT molecular complexity index is 3280. The first-order valence-electron chi connectivity index (χ1n) is 30.3. The van der Waals surface area contributed by atoms with Gasteiger partial charge < -0.3 is 29.0 Å². The zero-order valence-corrected chi connectivity index (χ0v) is 50.6. The fourth-order valence-electron chi connectivity index (χ4n) is 11.4. The molecule has 0 bridgehead atoms. The molecule has 1 aliphatic carbocycles. The fourth-order valence-corrected chi connectivity index (χ4v) is 11.4. The maximum atomic E-state index is 14.1. The normalized spacial score (nSPS) is 15.9. The van der Waals surface area contributed by atoms with Gasteiger partial charge in [0.1, 0.15) is 28.8 Å². The molecule has 3 heterocycles. The lowest BCUT2D eigenvalue weighted by molar-refractivity contribution is -0.124. The molecule has 2 atom stereocenters. The van der Waals surface area contributed by atoms with Crippen molar-refractivity contribution in [1.29, 1.82) is 0 Å². The molecule has 1 aromatic heterocycles. The van der Waals surface area contributed by atoms with Gasteiger partial charge in [0.2, 0.25) is 5.91 Å². The predicted molar refractivity (Wildman–Crippen MR) is 328 cm³/mol. The van der Waals surface area contributed by atoms with Crippen molar-refractivity contribution in [1.82, 2.24) is 15.0 Å². The monoisotopic (exact) mass is 1140 g/mol. The molecule has 4 aromatic carbocycles. The maximum absolute atomic E-state index is 14.1. The van der Waals surface area contributed by atoms with Gasteiger partial charge in [-0.1, -0.05) is 113 Å². The van der Waals surface area contributed by atoms with E-state index in [2.05, 4.69) is 75.1 Å². The van der Waals surface area contributed by atoms with E-state index in [1.807, 2.05) is 73.1 Å². The number of hydrogen-bond acceptors (Lipinski definition) is 12. The van der Waals surface area contributed by atoms with Gasteiger partial charge in [0.25, 0.3) is 0 Å². The van der Waals surface area contributed by atoms with E-state index < -0.39 is 5.97 Å². The number of aromatic carboxylic acids is 1. The molecule has 1 amide bonds. The van der Waals surface area contributed by atoms with E-state index in [9.17, 15) is 29.1 Å². The molecular weight excluding hydrogens is 1060 g/mol. The van der Waals surface area contributed by atoms with Gasteiger partial charge in [0, 0.05) is 105 Å². The largest absolute Gasteiger partial charge is 0.478 e. The van der Waals surface area contributed by atoms with Crippen LogP contribution in [0.3, 0.4) is 0 Å². The molecule has 446 valence electrons. The lowest BCUT2D eigenvalue weighted by Crippen LogP contribution is -2.32. The van der Waals surface area contributed by atoms with E-state index in [0.29, 0.717) is 126 Å². The van der Waals surface area contributed by atoms with Gasteiger partial charge in [-0.15, -0.1) is 5.10 Å². The van der Waals surface area contributed by atoms with Gasteiger partial charge in [-0.2, -0.15) is 0 Å². The number of ether oxygens (including phenoxy) is 4. The molecule has 2 unspecified atom stereocenters. The molecule has 2 aliphatic heterocycles. The molecule has 8 rings (SSSR count). The zero-order valence-electron chi connectivity index (χ0n) is 50.6. The summed E-state index contributed by atoms with van der Waals surface area (Å²) in [4.78, 5) is 73.0. The molecule has 0 saturated carbocycles. The number of carbonyl (C=O) groups is 5. The van der Waals surface area contributed by atoms with Crippen LogP contribution in [0.2, 0.25) is 0 Å². The molecule has 84 heavy (non-hydrogen) atoms. The summed E-state index contributed by atoms with van der Waals surface area (Å²) in [5, 5.41) is 19.9. The Hall–Kier alpha value is -7.20. The quantitative estimate of drug-likeness (QED) is 0.0327. The Morgan fingerprint density at radius 1 is 0.774 bits per heavy atom. The van der Waals surface area contributed by atoms with Crippen LogP contribution in [-0.2, 0) is 48.1 Å². The minimum atomic E-state index is -1.09. The Balaban J connectivity index is 0.734. The predicted octanol–water partition coefficient (Wildman–Crippen LogP) is 13.5. The van der Waals surface area contributed by atoms with E-state index in [4.69, 9.17) is 18.9 Å². The summed E-state index contributed by atoms with van der Waals surface area (Å²) >= 11 is 0. The molecule has 5 aromatic rings. The lowest BCUT2D eigenvalue weighted by atomic mass is 9.72. The Morgan fingerprint density at radius 2 is 1.45 bits per heavy atom. The zero-order chi connectivity index (χ0) is 59.9. The molecule has 15 nitrogen and oxygen atoms in total. The van der Waals surface area contributed by atoms with Crippen LogP contribution >= 0.6 is 0 Å². The number of ketones is 3. The van der Waals surface area contributed by atoms with Gasteiger partial charge >= 0.3 is 5.97 Å². The number of Topliss-reactive ketones (excluding diaryl/α,β-unsaturated/α-hetero) is 3. The van der Waals surface area contributed by atoms with Gasteiger partial charge in [-0.25, -0.2) is 9.48 Å². The number of fused-ring (bicyclic) bond motifs is 7. The van der Waals surface area contributed by atoms with Gasteiger partial charge in [-0.3, -0.25) is 24.2 Å². The summed E-state index contributed by atoms with van der Waals surface area (Å²) in [5.41, 5.74) is 11.2. The van der Waals surface area contributed by atoms with E-state index in [1.54, 1.807) is 17.0 Å². The average Bonchev–Trinajstić information content (AvgIpc) is 1.37. The van der Waals surface area contributed by atoms with Crippen LogP contribution < -0.4 is 9.64 Å². The number of rotatable bonds is 31. The number of aromatic nitrogens is 3. The van der Waals surface area contributed by atoms with Crippen molar-refractivity contribution in [3.05, 3.63) is 141 Å². The SMILES string of the molecule is CCCc1cc2c(cc1C)C(c1ccc(C(=O)CCCOCCOCCOCCCC(=O)CCC(=O)N3Cc4ccccc4-c4c(nnn4CCCC(=O)CCC(C)(C)C(C)C)-c4ccccc43)cc1C(=O)O)C1C=C(C)C(=NCC)C=C1O2. The number of benzene rings is 4. The Kier molecular flexibility index (Phi) is 22.1. The molecule has 0 radical (unpaired) electrons.